The first-order valence-electron chi connectivity index (χ1n) is 5.89. The minimum Gasteiger partial charge on any atom is -0.306 e. The molecule has 0 spiro atoms. The predicted octanol–water partition coefficient (Wildman–Crippen LogP) is 4.44. The van der Waals surface area contributed by atoms with E-state index in [9.17, 15) is 4.39 Å². The van der Waals surface area contributed by atoms with Crippen molar-refractivity contribution in [2.24, 2.45) is 0 Å². The summed E-state index contributed by atoms with van der Waals surface area (Å²) in [5.74, 6) is -0.159. The summed E-state index contributed by atoms with van der Waals surface area (Å²) < 4.78 is 14.5. The van der Waals surface area contributed by atoms with Gasteiger partial charge in [-0.05, 0) is 30.7 Å². The van der Waals surface area contributed by atoms with Crippen molar-refractivity contribution in [2.75, 3.05) is 0 Å². The largest absolute Gasteiger partial charge is 0.306 e. The van der Waals surface area contributed by atoms with Gasteiger partial charge in [-0.1, -0.05) is 46.3 Å². The van der Waals surface area contributed by atoms with E-state index < -0.39 is 0 Å². The minimum absolute atomic E-state index is 0.159. The molecule has 0 amide bonds. The number of halogens is 2. The van der Waals surface area contributed by atoms with Crippen LogP contribution in [0.25, 0.3) is 0 Å². The SMILES string of the molecule is C[C@H](NCc1ccccc1F)c1ccc(Br)cc1. The summed E-state index contributed by atoms with van der Waals surface area (Å²) in [4.78, 5) is 0. The van der Waals surface area contributed by atoms with Gasteiger partial charge in [0.1, 0.15) is 5.82 Å². The van der Waals surface area contributed by atoms with Crippen molar-refractivity contribution in [1.82, 2.24) is 5.32 Å². The van der Waals surface area contributed by atoms with Crippen LogP contribution in [0.2, 0.25) is 0 Å². The Kier molecular flexibility index (Phi) is 4.50. The molecule has 0 fully saturated rings. The van der Waals surface area contributed by atoms with Gasteiger partial charge in [-0.3, -0.25) is 0 Å². The fraction of sp³-hybridized carbons (Fsp3) is 0.200. The number of benzene rings is 2. The summed E-state index contributed by atoms with van der Waals surface area (Å²) in [5, 5.41) is 3.32. The highest BCUT2D eigenvalue weighted by molar-refractivity contribution is 9.10. The molecular formula is C15H15BrFN. The first kappa shape index (κ1) is 13.2. The zero-order chi connectivity index (χ0) is 13.0. The molecule has 1 N–H and O–H groups in total. The number of nitrogens with one attached hydrogen (secondary N) is 1. The molecule has 0 heterocycles. The van der Waals surface area contributed by atoms with Crippen molar-refractivity contribution in [3.8, 4) is 0 Å². The normalized spacial score (nSPS) is 12.4. The molecule has 0 aromatic heterocycles. The Morgan fingerprint density at radius 1 is 1.11 bits per heavy atom. The number of hydrogen-bond donors (Lipinski definition) is 1. The van der Waals surface area contributed by atoms with Crippen molar-refractivity contribution in [2.45, 2.75) is 19.5 Å². The Morgan fingerprint density at radius 2 is 1.78 bits per heavy atom. The second-order valence-corrected chi connectivity index (χ2v) is 5.16. The molecule has 0 aliphatic heterocycles. The van der Waals surface area contributed by atoms with Crippen LogP contribution < -0.4 is 5.32 Å². The Labute approximate surface area is 115 Å². The summed E-state index contributed by atoms with van der Waals surface area (Å²) in [7, 11) is 0. The Hall–Kier alpha value is -1.19. The smallest absolute Gasteiger partial charge is 0.127 e. The summed E-state index contributed by atoms with van der Waals surface area (Å²) >= 11 is 3.41. The van der Waals surface area contributed by atoms with Crippen LogP contribution in [0.15, 0.2) is 53.0 Å². The molecule has 2 aromatic carbocycles. The lowest BCUT2D eigenvalue weighted by Crippen LogP contribution is -2.18. The first-order valence-corrected chi connectivity index (χ1v) is 6.68. The van der Waals surface area contributed by atoms with Gasteiger partial charge in [0.15, 0.2) is 0 Å². The van der Waals surface area contributed by atoms with Crippen molar-refractivity contribution < 1.29 is 4.39 Å². The van der Waals surface area contributed by atoms with Gasteiger partial charge < -0.3 is 5.32 Å². The molecule has 0 radical (unpaired) electrons. The van der Waals surface area contributed by atoms with Gasteiger partial charge in [0.25, 0.3) is 0 Å². The van der Waals surface area contributed by atoms with Gasteiger partial charge in [-0.25, -0.2) is 4.39 Å². The third-order valence-electron chi connectivity index (χ3n) is 2.93. The van der Waals surface area contributed by atoms with E-state index in [1.807, 2.05) is 18.2 Å². The summed E-state index contributed by atoms with van der Waals surface area (Å²) in [6.07, 6.45) is 0. The summed E-state index contributed by atoms with van der Waals surface area (Å²) in [5.41, 5.74) is 1.89. The van der Waals surface area contributed by atoms with E-state index >= 15 is 0 Å². The molecule has 1 atom stereocenters. The fourth-order valence-electron chi connectivity index (χ4n) is 1.77. The minimum atomic E-state index is -0.159. The maximum absolute atomic E-state index is 13.4. The second-order valence-electron chi connectivity index (χ2n) is 4.25. The van der Waals surface area contributed by atoms with Gasteiger partial charge in [0.2, 0.25) is 0 Å². The van der Waals surface area contributed by atoms with Crippen LogP contribution in [0.4, 0.5) is 4.39 Å². The average Bonchev–Trinajstić information content (AvgIpc) is 2.38. The maximum Gasteiger partial charge on any atom is 0.127 e. The van der Waals surface area contributed by atoms with E-state index in [4.69, 9.17) is 0 Å². The van der Waals surface area contributed by atoms with Crippen LogP contribution in [0.3, 0.4) is 0 Å². The predicted molar refractivity (Wildman–Crippen MR) is 75.8 cm³/mol. The van der Waals surface area contributed by atoms with Crippen molar-refractivity contribution in [3.05, 3.63) is 69.9 Å². The van der Waals surface area contributed by atoms with Crippen LogP contribution in [0.1, 0.15) is 24.1 Å². The highest BCUT2D eigenvalue weighted by Crippen LogP contribution is 2.17. The van der Waals surface area contributed by atoms with Crippen LogP contribution in [-0.4, -0.2) is 0 Å². The highest BCUT2D eigenvalue weighted by atomic mass is 79.9. The molecule has 0 aliphatic rings. The Balaban J connectivity index is 1.98. The highest BCUT2D eigenvalue weighted by Gasteiger charge is 2.06. The maximum atomic E-state index is 13.4. The first-order chi connectivity index (χ1) is 8.66. The van der Waals surface area contributed by atoms with Gasteiger partial charge in [0.05, 0.1) is 0 Å². The molecule has 0 saturated heterocycles. The van der Waals surface area contributed by atoms with Crippen molar-refractivity contribution in [3.63, 3.8) is 0 Å². The molecule has 18 heavy (non-hydrogen) atoms. The van der Waals surface area contributed by atoms with E-state index in [0.717, 1.165) is 4.47 Å². The van der Waals surface area contributed by atoms with Gasteiger partial charge in [-0.2, -0.15) is 0 Å². The quantitative estimate of drug-likeness (QED) is 0.880. The molecule has 0 saturated carbocycles. The summed E-state index contributed by atoms with van der Waals surface area (Å²) in [6, 6.07) is 15.2. The van der Waals surface area contributed by atoms with Crippen LogP contribution in [-0.2, 0) is 6.54 Å². The van der Waals surface area contributed by atoms with E-state index in [1.165, 1.54) is 11.6 Å². The van der Waals surface area contributed by atoms with Gasteiger partial charge in [0, 0.05) is 22.6 Å². The Morgan fingerprint density at radius 3 is 2.44 bits per heavy atom. The lowest BCUT2D eigenvalue weighted by Gasteiger charge is -2.14. The number of rotatable bonds is 4. The van der Waals surface area contributed by atoms with Crippen LogP contribution >= 0.6 is 15.9 Å². The number of hydrogen-bond acceptors (Lipinski definition) is 1. The standard InChI is InChI=1S/C15H15BrFN/c1-11(12-6-8-14(16)9-7-12)18-10-13-4-2-3-5-15(13)17/h2-9,11,18H,10H2,1H3/t11-/m0/s1. The molecular weight excluding hydrogens is 293 g/mol. The van der Waals surface area contributed by atoms with Crippen molar-refractivity contribution >= 4 is 15.9 Å². The molecule has 2 aromatic rings. The molecule has 1 nitrogen and oxygen atoms in total. The monoisotopic (exact) mass is 307 g/mol. The van der Waals surface area contributed by atoms with Crippen molar-refractivity contribution in [1.29, 1.82) is 0 Å². The zero-order valence-corrected chi connectivity index (χ0v) is 11.7. The zero-order valence-electron chi connectivity index (χ0n) is 10.2. The topological polar surface area (TPSA) is 12.0 Å². The fourth-order valence-corrected chi connectivity index (χ4v) is 2.04. The Bertz CT molecular complexity index is 510. The molecule has 0 bridgehead atoms. The molecule has 0 aliphatic carbocycles. The van der Waals surface area contributed by atoms with Crippen LogP contribution in [0, 0.1) is 5.82 Å². The lowest BCUT2D eigenvalue weighted by atomic mass is 10.1. The average molecular weight is 308 g/mol. The third-order valence-corrected chi connectivity index (χ3v) is 3.46. The third kappa shape index (κ3) is 3.40. The van der Waals surface area contributed by atoms with E-state index in [-0.39, 0.29) is 11.9 Å². The van der Waals surface area contributed by atoms with E-state index in [2.05, 4.69) is 40.3 Å². The van der Waals surface area contributed by atoms with Gasteiger partial charge in [-0.15, -0.1) is 0 Å². The van der Waals surface area contributed by atoms with Crippen LogP contribution in [0.5, 0.6) is 0 Å². The molecule has 3 heteroatoms. The van der Waals surface area contributed by atoms with E-state index in [1.54, 1.807) is 12.1 Å². The molecule has 0 unspecified atom stereocenters. The van der Waals surface area contributed by atoms with E-state index in [0.29, 0.717) is 12.1 Å². The van der Waals surface area contributed by atoms with Gasteiger partial charge >= 0.3 is 0 Å². The molecule has 2 rings (SSSR count). The summed E-state index contributed by atoms with van der Waals surface area (Å²) in [6.45, 7) is 2.61. The second kappa shape index (κ2) is 6.12. The lowest BCUT2D eigenvalue weighted by molar-refractivity contribution is 0.544. The molecule has 94 valence electrons.